The number of rotatable bonds is 2. The molecular formula is C5H11N3. The molecule has 8 heavy (non-hydrogen) atoms. The van der Waals surface area contributed by atoms with Crippen LogP contribution in [0, 0.1) is 5.92 Å². The molecule has 0 aromatic heterocycles. The van der Waals surface area contributed by atoms with Crippen LogP contribution in [0.25, 0.3) is 0 Å². The quantitative estimate of drug-likeness (QED) is 0.328. The minimum atomic E-state index is 0.304. The van der Waals surface area contributed by atoms with Crippen LogP contribution in [0.3, 0.4) is 0 Å². The van der Waals surface area contributed by atoms with Crippen molar-refractivity contribution < 1.29 is 0 Å². The van der Waals surface area contributed by atoms with Crippen LogP contribution >= 0.6 is 0 Å². The minimum Gasteiger partial charge on any atom is -0.329 e. The highest BCUT2D eigenvalue weighted by atomic mass is 15.2. The first-order valence-corrected chi connectivity index (χ1v) is 2.66. The number of hydrogen-bond acceptors (Lipinski definition) is 3. The van der Waals surface area contributed by atoms with Gasteiger partial charge in [-0.25, -0.2) is 0 Å². The molecule has 0 bridgehead atoms. The van der Waals surface area contributed by atoms with E-state index in [0.29, 0.717) is 12.0 Å². The Morgan fingerprint density at radius 1 is 1.75 bits per heavy atom. The molecule has 2 atom stereocenters. The summed E-state index contributed by atoms with van der Waals surface area (Å²) >= 11 is 0. The van der Waals surface area contributed by atoms with Crippen molar-refractivity contribution in [2.24, 2.45) is 17.5 Å². The van der Waals surface area contributed by atoms with Gasteiger partial charge in [-0.1, -0.05) is 6.58 Å². The molecule has 0 heterocycles. The van der Waals surface area contributed by atoms with Gasteiger partial charge < -0.3 is 11.2 Å². The smallest absolute Gasteiger partial charge is 0.0234 e. The lowest BCUT2D eigenvalue weighted by molar-refractivity contribution is 0.771. The van der Waals surface area contributed by atoms with E-state index in [-0.39, 0.29) is 0 Å². The summed E-state index contributed by atoms with van der Waals surface area (Å²) in [7, 11) is 0. The SMILES string of the molecule is C=C(NN)C1CC1N. The Hall–Kier alpha value is -0.540. The third kappa shape index (κ3) is 0.827. The summed E-state index contributed by atoms with van der Waals surface area (Å²) < 4.78 is 0. The van der Waals surface area contributed by atoms with Crippen LogP contribution in [0.2, 0.25) is 0 Å². The number of hydrogen-bond donors (Lipinski definition) is 3. The molecule has 0 radical (unpaired) electrons. The van der Waals surface area contributed by atoms with E-state index in [9.17, 15) is 0 Å². The Morgan fingerprint density at radius 2 is 2.25 bits per heavy atom. The molecule has 1 rings (SSSR count). The van der Waals surface area contributed by atoms with Crippen LogP contribution in [0.4, 0.5) is 0 Å². The molecule has 0 aromatic rings. The van der Waals surface area contributed by atoms with Gasteiger partial charge in [0.1, 0.15) is 0 Å². The van der Waals surface area contributed by atoms with E-state index in [4.69, 9.17) is 11.6 Å². The van der Waals surface area contributed by atoms with E-state index in [0.717, 1.165) is 12.1 Å². The summed E-state index contributed by atoms with van der Waals surface area (Å²) in [5.74, 6) is 5.50. The fraction of sp³-hybridized carbons (Fsp3) is 0.600. The molecule has 0 aliphatic heterocycles. The van der Waals surface area contributed by atoms with Gasteiger partial charge in [-0.15, -0.1) is 0 Å². The second-order valence-electron chi connectivity index (χ2n) is 2.18. The largest absolute Gasteiger partial charge is 0.329 e. The topological polar surface area (TPSA) is 64.1 Å². The van der Waals surface area contributed by atoms with E-state index in [1.54, 1.807) is 0 Å². The van der Waals surface area contributed by atoms with E-state index in [1.807, 2.05) is 0 Å². The first kappa shape index (κ1) is 5.59. The Kier molecular flexibility index (Phi) is 1.23. The van der Waals surface area contributed by atoms with E-state index in [1.165, 1.54) is 0 Å². The fourth-order valence-corrected chi connectivity index (χ4v) is 0.722. The Morgan fingerprint density at radius 3 is 2.38 bits per heavy atom. The highest BCUT2D eigenvalue weighted by Crippen LogP contribution is 2.32. The first-order chi connectivity index (χ1) is 3.75. The van der Waals surface area contributed by atoms with Gasteiger partial charge in [-0.2, -0.15) is 0 Å². The van der Waals surface area contributed by atoms with Crippen molar-refractivity contribution in [1.82, 2.24) is 5.43 Å². The highest BCUT2D eigenvalue weighted by Gasteiger charge is 2.35. The number of nitrogens with one attached hydrogen (secondary N) is 1. The molecule has 0 saturated heterocycles. The zero-order chi connectivity index (χ0) is 6.15. The van der Waals surface area contributed by atoms with E-state index in [2.05, 4.69) is 12.0 Å². The maximum Gasteiger partial charge on any atom is 0.0234 e. The molecule has 2 unspecified atom stereocenters. The van der Waals surface area contributed by atoms with Crippen molar-refractivity contribution in [1.29, 1.82) is 0 Å². The van der Waals surface area contributed by atoms with Gasteiger partial charge in [0.25, 0.3) is 0 Å². The monoisotopic (exact) mass is 113 g/mol. The molecule has 1 fully saturated rings. The molecule has 3 nitrogen and oxygen atoms in total. The average molecular weight is 113 g/mol. The fourth-order valence-electron chi connectivity index (χ4n) is 0.722. The van der Waals surface area contributed by atoms with Crippen LogP contribution in [0.1, 0.15) is 6.42 Å². The Balaban J connectivity index is 2.28. The van der Waals surface area contributed by atoms with Gasteiger partial charge in [-0.05, 0) is 6.42 Å². The van der Waals surface area contributed by atoms with Gasteiger partial charge in [0, 0.05) is 17.7 Å². The zero-order valence-corrected chi connectivity index (χ0v) is 4.72. The van der Waals surface area contributed by atoms with Crippen molar-refractivity contribution >= 4 is 0 Å². The van der Waals surface area contributed by atoms with Crippen molar-refractivity contribution in [3.05, 3.63) is 12.3 Å². The third-order valence-corrected chi connectivity index (χ3v) is 1.47. The van der Waals surface area contributed by atoms with Crippen LogP contribution in [0.5, 0.6) is 0 Å². The van der Waals surface area contributed by atoms with Crippen LogP contribution in [-0.2, 0) is 0 Å². The van der Waals surface area contributed by atoms with E-state index < -0.39 is 0 Å². The van der Waals surface area contributed by atoms with Gasteiger partial charge in [0.15, 0.2) is 0 Å². The Labute approximate surface area is 48.7 Å². The summed E-state index contributed by atoms with van der Waals surface area (Å²) in [4.78, 5) is 0. The van der Waals surface area contributed by atoms with Gasteiger partial charge in [0.05, 0.1) is 0 Å². The summed E-state index contributed by atoms with van der Waals surface area (Å²) in [5.41, 5.74) is 8.83. The first-order valence-electron chi connectivity index (χ1n) is 2.66. The maximum absolute atomic E-state index is 5.49. The molecule has 46 valence electrons. The van der Waals surface area contributed by atoms with Crippen molar-refractivity contribution in [2.45, 2.75) is 12.5 Å². The second-order valence-corrected chi connectivity index (χ2v) is 2.18. The summed E-state index contributed by atoms with van der Waals surface area (Å²) in [6.07, 6.45) is 1.03. The normalized spacial score (nSPS) is 34.2. The summed E-state index contributed by atoms with van der Waals surface area (Å²) in [6.45, 7) is 3.67. The molecule has 0 spiro atoms. The number of nitrogens with two attached hydrogens (primary N) is 2. The lowest BCUT2D eigenvalue weighted by Gasteiger charge is -1.98. The average Bonchev–Trinajstić information content (AvgIpc) is 2.45. The standard InChI is InChI=1S/C5H11N3/c1-3(8-7)4-2-5(4)6/h4-5,8H,1-2,6-7H2. The molecule has 1 saturated carbocycles. The Bertz CT molecular complexity index is 110. The highest BCUT2D eigenvalue weighted by molar-refractivity contribution is 5.11. The van der Waals surface area contributed by atoms with Crippen LogP contribution in [0.15, 0.2) is 12.3 Å². The molecule has 1 aliphatic rings. The molecule has 1 aliphatic carbocycles. The number of hydrazine groups is 1. The summed E-state index contributed by atoms with van der Waals surface area (Å²) in [5, 5.41) is 0. The molecule has 3 heteroatoms. The molecular weight excluding hydrogens is 102 g/mol. The summed E-state index contributed by atoms with van der Waals surface area (Å²) in [6, 6.07) is 0.304. The second kappa shape index (κ2) is 1.76. The third-order valence-electron chi connectivity index (χ3n) is 1.47. The predicted octanol–water partition coefficient (Wildman–Crippen LogP) is -0.689. The van der Waals surface area contributed by atoms with Crippen LogP contribution < -0.4 is 17.0 Å². The van der Waals surface area contributed by atoms with Crippen LogP contribution in [-0.4, -0.2) is 6.04 Å². The van der Waals surface area contributed by atoms with Gasteiger partial charge >= 0.3 is 0 Å². The lowest BCUT2D eigenvalue weighted by atomic mass is 10.3. The van der Waals surface area contributed by atoms with Crippen molar-refractivity contribution in [2.75, 3.05) is 0 Å². The van der Waals surface area contributed by atoms with Gasteiger partial charge in [0.2, 0.25) is 0 Å². The molecule has 5 N–H and O–H groups in total. The van der Waals surface area contributed by atoms with Gasteiger partial charge in [-0.3, -0.25) is 5.84 Å². The predicted molar refractivity (Wildman–Crippen MR) is 32.5 cm³/mol. The molecule has 0 amide bonds. The molecule has 0 aromatic carbocycles. The van der Waals surface area contributed by atoms with Crippen molar-refractivity contribution in [3.8, 4) is 0 Å². The maximum atomic E-state index is 5.49. The van der Waals surface area contributed by atoms with E-state index >= 15 is 0 Å². The minimum absolute atomic E-state index is 0.304. The van der Waals surface area contributed by atoms with Crippen molar-refractivity contribution in [3.63, 3.8) is 0 Å². The zero-order valence-electron chi connectivity index (χ0n) is 4.72. The lowest BCUT2D eigenvalue weighted by Crippen LogP contribution is -2.23.